The molecule has 2 heteroatoms. The predicted molar refractivity (Wildman–Crippen MR) is 105 cm³/mol. The van der Waals surface area contributed by atoms with Crippen LogP contribution in [0.4, 0.5) is 5.69 Å². The highest BCUT2D eigenvalue weighted by molar-refractivity contribution is 5.96. The molecule has 1 aliphatic heterocycles. The molecule has 0 spiro atoms. The van der Waals surface area contributed by atoms with E-state index in [-0.39, 0.29) is 16.9 Å². The highest BCUT2D eigenvalue weighted by Gasteiger charge is 2.47. The Balaban J connectivity index is 2.13. The summed E-state index contributed by atoms with van der Waals surface area (Å²) in [6.45, 7) is 8.85. The average Bonchev–Trinajstić information content (AvgIpc) is 2.60. The van der Waals surface area contributed by atoms with Crippen LogP contribution in [-0.2, 0) is 10.2 Å². The van der Waals surface area contributed by atoms with Crippen LogP contribution in [0.15, 0.2) is 54.6 Å². The number of para-hydroxylation sites is 1. The molecule has 1 amide bonds. The first-order valence-electron chi connectivity index (χ1n) is 9.38. The second kappa shape index (κ2) is 6.67. The van der Waals surface area contributed by atoms with Crippen LogP contribution in [0.25, 0.3) is 0 Å². The van der Waals surface area contributed by atoms with Gasteiger partial charge in [0.2, 0.25) is 5.91 Å². The zero-order valence-electron chi connectivity index (χ0n) is 15.9. The molecule has 1 heterocycles. The van der Waals surface area contributed by atoms with Gasteiger partial charge in [0.15, 0.2) is 0 Å². The Hall–Kier alpha value is -2.09. The van der Waals surface area contributed by atoms with Gasteiger partial charge in [0.05, 0.1) is 0 Å². The van der Waals surface area contributed by atoms with Crippen molar-refractivity contribution >= 4 is 11.6 Å². The van der Waals surface area contributed by atoms with Crippen LogP contribution < -0.4 is 4.90 Å². The lowest BCUT2D eigenvalue weighted by Gasteiger charge is -2.51. The van der Waals surface area contributed by atoms with Crippen molar-refractivity contribution in [1.29, 1.82) is 0 Å². The molecule has 1 aliphatic rings. The van der Waals surface area contributed by atoms with Crippen LogP contribution >= 0.6 is 0 Å². The summed E-state index contributed by atoms with van der Waals surface area (Å²) in [4.78, 5) is 15.1. The largest absolute Gasteiger partial charge is 0.307 e. The first-order valence-corrected chi connectivity index (χ1v) is 9.38. The second-order valence-electron chi connectivity index (χ2n) is 8.04. The van der Waals surface area contributed by atoms with Gasteiger partial charge >= 0.3 is 0 Å². The molecule has 0 saturated carbocycles. The molecular weight excluding hydrogens is 306 g/mol. The van der Waals surface area contributed by atoms with Gasteiger partial charge in [-0.25, -0.2) is 0 Å². The van der Waals surface area contributed by atoms with Crippen molar-refractivity contribution in [3.05, 3.63) is 65.7 Å². The fraction of sp³-hybridized carbons (Fsp3) is 0.435. The number of carbonyl (C=O) groups excluding carboxylic acids is 1. The van der Waals surface area contributed by atoms with E-state index in [1.54, 1.807) is 0 Å². The molecule has 0 aromatic heterocycles. The minimum absolute atomic E-state index is 0.0944. The molecule has 3 rings (SSSR count). The fourth-order valence-electron chi connectivity index (χ4n) is 4.48. The molecule has 0 aliphatic carbocycles. The van der Waals surface area contributed by atoms with Gasteiger partial charge in [0, 0.05) is 23.1 Å². The number of benzene rings is 2. The van der Waals surface area contributed by atoms with Crippen molar-refractivity contribution in [2.45, 2.75) is 64.3 Å². The number of hydrogen-bond donors (Lipinski definition) is 0. The molecule has 0 bridgehead atoms. The van der Waals surface area contributed by atoms with E-state index in [0.717, 1.165) is 24.9 Å². The maximum atomic E-state index is 13.0. The highest BCUT2D eigenvalue weighted by Crippen LogP contribution is 2.50. The molecule has 2 aromatic carbocycles. The van der Waals surface area contributed by atoms with Crippen molar-refractivity contribution in [2.75, 3.05) is 4.90 Å². The Bertz CT molecular complexity index is 750. The van der Waals surface area contributed by atoms with E-state index in [4.69, 9.17) is 0 Å². The predicted octanol–water partition coefficient (Wildman–Crippen LogP) is 5.70. The topological polar surface area (TPSA) is 20.3 Å². The molecule has 132 valence electrons. The number of hydrogen-bond acceptors (Lipinski definition) is 1. The van der Waals surface area contributed by atoms with Gasteiger partial charge in [-0.15, -0.1) is 0 Å². The zero-order valence-corrected chi connectivity index (χ0v) is 15.9. The standard InChI is InChI=1S/C23H29NO/c1-5-6-16-21(25)24-20-15-11-10-14-19(20)23(4,17-22(24,2)3)18-12-8-7-9-13-18/h7-15H,5-6,16-17H2,1-4H3/t23-/m0/s1. The van der Waals surface area contributed by atoms with Crippen molar-refractivity contribution in [3.63, 3.8) is 0 Å². The number of fused-ring (bicyclic) bond motifs is 1. The Labute approximate surface area is 151 Å². The van der Waals surface area contributed by atoms with Crippen molar-refractivity contribution < 1.29 is 4.79 Å². The van der Waals surface area contributed by atoms with Crippen LogP contribution in [0.5, 0.6) is 0 Å². The number of amides is 1. The van der Waals surface area contributed by atoms with Crippen molar-refractivity contribution in [3.8, 4) is 0 Å². The minimum atomic E-state index is -0.218. The smallest absolute Gasteiger partial charge is 0.227 e. The summed E-state index contributed by atoms with van der Waals surface area (Å²) in [5, 5.41) is 0. The van der Waals surface area contributed by atoms with E-state index in [0.29, 0.717) is 6.42 Å². The maximum Gasteiger partial charge on any atom is 0.227 e. The van der Waals surface area contributed by atoms with Crippen LogP contribution in [0.1, 0.15) is 64.5 Å². The normalized spacial score (nSPS) is 21.7. The minimum Gasteiger partial charge on any atom is -0.307 e. The quantitative estimate of drug-likeness (QED) is 0.702. The van der Waals surface area contributed by atoms with Crippen molar-refractivity contribution in [2.24, 2.45) is 0 Å². The van der Waals surface area contributed by atoms with Gasteiger partial charge in [0.1, 0.15) is 0 Å². The lowest BCUT2D eigenvalue weighted by Crippen LogP contribution is -2.55. The SMILES string of the molecule is CCCCC(=O)N1c2ccccc2[C@](C)(c2ccccc2)CC1(C)C. The number of anilines is 1. The molecular formula is C23H29NO. The third-order valence-electron chi connectivity index (χ3n) is 5.54. The van der Waals surface area contributed by atoms with Crippen molar-refractivity contribution in [1.82, 2.24) is 0 Å². The summed E-state index contributed by atoms with van der Waals surface area (Å²) in [6.07, 6.45) is 3.53. The lowest BCUT2D eigenvalue weighted by atomic mass is 9.65. The number of nitrogens with zero attached hydrogens (tertiary/aromatic N) is 1. The third-order valence-corrected chi connectivity index (χ3v) is 5.54. The molecule has 0 saturated heterocycles. The Morgan fingerprint density at radius 3 is 2.32 bits per heavy atom. The van der Waals surface area contributed by atoms with E-state index in [2.05, 4.69) is 81.1 Å². The maximum absolute atomic E-state index is 13.0. The number of carbonyl (C=O) groups is 1. The van der Waals surface area contributed by atoms with E-state index in [1.807, 2.05) is 6.07 Å². The second-order valence-corrected chi connectivity index (χ2v) is 8.04. The summed E-state index contributed by atoms with van der Waals surface area (Å²) in [7, 11) is 0. The molecule has 2 nitrogen and oxygen atoms in total. The fourth-order valence-corrected chi connectivity index (χ4v) is 4.48. The van der Waals surface area contributed by atoms with E-state index >= 15 is 0 Å². The first kappa shape index (κ1) is 17.7. The van der Waals surface area contributed by atoms with E-state index in [1.165, 1.54) is 11.1 Å². The number of unbranched alkanes of at least 4 members (excludes halogenated alkanes) is 1. The van der Waals surface area contributed by atoms with E-state index < -0.39 is 0 Å². The highest BCUT2D eigenvalue weighted by atomic mass is 16.2. The van der Waals surface area contributed by atoms with Gasteiger partial charge in [-0.2, -0.15) is 0 Å². The van der Waals surface area contributed by atoms with E-state index in [9.17, 15) is 4.79 Å². The summed E-state index contributed by atoms with van der Waals surface area (Å²) < 4.78 is 0. The summed E-state index contributed by atoms with van der Waals surface area (Å²) in [5.41, 5.74) is 3.33. The molecule has 0 N–H and O–H groups in total. The lowest BCUT2D eigenvalue weighted by molar-refractivity contribution is -0.120. The molecule has 0 unspecified atom stereocenters. The summed E-state index contributed by atoms with van der Waals surface area (Å²) in [5.74, 6) is 0.245. The number of rotatable bonds is 4. The molecule has 0 fully saturated rings. The molecule has 25 heavy (non-hydrogen) atoms. The van der Waals surface area contributed by atoms with Gasteiger partial charge in [0.25, 0.3) is 0 Å². The van der Waals surface area contributed by atoms with Gasteiger partial charge in [-0.1, -0.05) is 68.8 Å². The first-order chi connectivity index (χ1) is 11.9. The third kappa shape index (κ3) is 3.10. The molecule has 2 aromatic rings. The monoisotopic (exact) mass is 335 g/mol. The van der Waals surface area contributed by atoms with Crippen LogP contribution in [0.3, 0.4) is 0 Å². The Kier molecular flexibility index (Phi) is 4.73. The van der Waals surface area contributed by atoms with Crippen LogP contribution in [0.2, 0.25) is 0 Å². The average molecular weight is 335 g/mol. The van der Waals surface area contributed by atoms with Gasteiger partial charge in [-0.05, 0) is 43.9 Å². The summed E-state index contributed by atoms with van der Waals surface area (Å²) in [6, 6.07) is 19.1. The molecule has 1 atom stereocenters. The molecule has 0 radical (unpaired) electrons. The van der Waals surface area contributed by atoms with Crippen LogP contribution in [0, 0.1) is 0 Å². The van der Waals surface area contributed by atoms with Crippen LogP contribution in [-0.4, -0.2) is 11.4 Å². The summed E-state index contributed by atoms with van der Waals surface area (Å²) >= 11 is 0. The van der Waals surface area contributed by atoms with Gasteiger partial charge in [-0.3, -0.25) is 4.79 Å². The zero-order chi connectivity index (χ0) is 18.1. The Morgan fingerprint density at radius 1 is 1.00 bits per heavy atom. The Morgan fingerprint density at radius 2 is 1.64 bits per heavy atom. The van der Waals surface area contributed by atoms with Gasteiger partial charge < -0.3 is 4.90 Å².